The maximum absolute atomic E-state index is 15.2. The Morgan fingerprint density at radius 1 is 1.06 bits per heavy atom. The number of hydrogen-bond acceptors (Lipinski definition) is 5. The quantitative estimate of drug-likeness (QED) is 0.436. The zero-order valence-electron chi connectivity index (χ0n) is 18.0. The molecule has 0 spiro atoms. The van der Waals surface area contributed by atoms with E-state index in [0.717, 1.165) is 6.07 Å². The van der Waals surface area contributed by atoms with Crippen molar-refractivity contribution in [1.29, 1.82) is 0 Å². The first-order valence-corrected chi connectivity index (χ1v) is 10.4. The maximum atomic E-state index is 15.2. The molecule has 2 aromatic heterocycles. The standard InChI is InChI=1S/C24H19F2N5O3/c1-30-13-17-19(8-11-28-21(17)29-30)34-20-7-6-16(12-18(20)26)31(15-4-2-14(25)3-5-15)23(33)24(9-10-24)22(27)32/h2-8,11-13H,9-10H2,1H3,(H2,27,32). The summed E-state index contributed by atoms with van der Waals surface area (Å²) in [5, 5.41) is 4.81. The van der Waals surface area contributed by atoms with Crippen molar-refractivity contribution in [2.24, 2.45) is 18.2 Å². The van der Waals surface area contributed by atoms with Crippen molar-refractivity contribution in [2.75, 3.05) is 4.90 Å². The highest BCUT2D eigenvalue weighted by molar-refractivity contribution is 6.16. The van der Waals surface area contributed by atoms with Crippen LogP contribution >= 0.6 is 0 Å². The topological polar surface area (TPSA) is 103 Å². The number of rotatable bonds is 6. The van der Waals surface area contributed by atoms with Crippen molar-refractivity contribution >= 4 is 34.2 Å². The number of carbonyl (C=O) groups excluding carboxylic acids is 2. The average Bonchev–Trinajstić information content (AvgIpc) is 3.53. The zero-order valence-corrected chi connectivity index (χ0v) is 18.0. The second kappa shape index (κ2) is 7.91. The summed E-state index contributed by atoms with van der Waals surface area (Å²) in [4.78, 5) is 30.7. The number of fused-ring (bicyclic) bond motifs is 1. The molecular weight excluding hydrogens is 444 g/mol. The van der Waals surface area contributed by atoms with Crippen molar-refractivity contribution in [1.82, 2.24) is 14.8 Å². The highest BCUT2D eigenvalue weighted by atomic mass is 19.1. The van der Waals surface area contributed by atoms with Crippen LogP contribution in [0.5, 0.6) is 11.5 Å². The number of benzene rings is 2. The van der Waals surface area contributed by atoms with Gasteiger partial charge in [0.1, 0.15) is 17.0 Å². The number of hydrogen-bond donors (Lipinski definition) is 1. The van der Waals surface area contributed by atoms with Crippen molar-refractivity contribution in [3.63, 3.8) is 0 Å². The van der Waals surface area contributed by atoms with E-state index in [1.54, 1.807) is 24.0 Å². The second-order valence-electron chi connectivity index (χ2n) is 8.13. The van der Waals surface area contributed by atoms with Gasteiger partial charge in [-0.1, -0.05) is 0 Å². The molecule has 1 aliphatic carbocycles. The molecule has 0 atom stereocenters. The first kappa shape index (κ1) is 21.5. The summed E-state index contributed by atoms with van der Waals surface area (Å²) < 4.78 is 36.0. The molecule has 0 aliphatic heterocycles. The third-order valence-corrected chi connectivity index (χ3v) is 5.81. The normalized spacial score (nSPS) is 14.1. The summed E-state index contributed by atoms with van der Waals surface area (Å²) >= 11 is 0. The van der Waals surface area contributed by atoms with Gasteiger partial charge in [-0.05, 0) is 55.3 Å². The highest BCUT2D eigenvalue weighted by Gasteiger charge is 2.57. The largest absolute Gasteiger partial charge is 0.453 e. The molecule has 1 saturated carbocycles. The van der Waals surface area contributed by atoms with E-state index in [4.69, 9.17) is 10.5 Å². The van der Waals surface area contributed by atoms with Crippen LogP contribution in [0.4, 0.5) is 20.2 Å². The fourth-order valence-corrected chi connectivity index (χ4v) is 3.81. The van der Waals surface area contributed by atoms with Gasteiger partial charge in [-0.2, -0.15) is 5.10 Å². The summed E-state index contributed by atoms with van der Waals surface area (Å²) in [6.45, 7) is 0. The minimum atomic E-state index is -1.36. The van der Waals surface area contributed by atoms with E-state index < -0.39 is 28.9 Å². The van der Waals surface area contributed by atoms with Crippen LogP contribution in [-0.4, -0.2) is 26.6 Å². The Morgan fingerprint density at radius 3 is 2.41 bits per heavy atom. The van der Waals surface area contributed by atoms with Crippen molar-refractivity contribution in [3.05, 3.63) is 72.6 Å². The van der Waals surface area contributed by atoms with Gasteiger partial charge in [0.05, 0.1) is 11.1 Å². The lowest BCUT2D eigenvalue weighted by Crippen LogP contribution is -2.41. The Hall–Kier alpha value is -4.34. The second-order valence-corrected chi connectivity index (χ2v) is 8.13. The molecule has 1 aliphatic rings. The lowest BCUT2D eigenvalue weighted by Gasteiger charge is -2.26. The Morgan fingerprint density at radius 2 is 1.76 bits per heavy atom. The van der Waals surface area contributed by atoms with Crippen LogP contribution in [0.15, 0.2) is 60.9 Å². The van der Waals surface area contributed by atoms with Crippen LogP contribution in [0, 0.1) is 17.0 Å². The highest BCUT2D eigenvalue weighted by Crippen LogP contribution is 2.49. The summed E-state index contributed by atoms with van der Waals surface area (Å²) in [5.74, 6) is -2.30. The lowest BCUT2D eigenvalue weighted by atomic mass is 10.0. The molecule has 8 nitrogen and oxygen atoms in total. The fraction of sp³-hybridized carbons (Fsp3) is 0.167. The first-order chi connectivity index (χ1) is 16.3. The van der Waals surface area contributed by atoms with E-state index in [2.05, 4.69) is 10.1 Å². The SMILES string of the molecule is Cn1cc2c(Oc3ccc(N(C(=O)C4(C(N)=O)CC4)c4ccc(F)cc4)cc3F)ccnc2n1. The predicted molar refractivity (Wildman–Crippen MR) is 119 cm³/mol. The van der Waals surface area contributed by atoms with Gasteiger partial charge in [0, 0.05) is 31.2 Å². The molecule has 2 heterocycles. The number of aromatic nitrogens is 3. The number of nitrogens with two attached hydrogens (primary N) is 1. The number of aryl methyl sites for hydroxylation is 1. The monoisotopic (exact) mass is 463 g/mol. The number of primary amides is 1. The third-order valence-electron chi connectivity index (χ3n) is 5.81. The molecule has 0 unspecified atom stereocenters. The Kier molecular flexibility index (Phi) is 5.00. The number of halogens is 2. The molecule has 0 radical (unpaired) electrons. The average molecular weight is 463 g/mol. The fourth-order valence-electron chi connectivity index (χ4n) is 3.81. The Labute approximate surface area is 192 Å². The van der Waals surface area contributed by atoms with E-state index in [1.807, 2.05) is 0 Å². The van der Waals surface area contributed by atoms with Gasteiger partial charge in [0.25, 0.3) is 0 Å². The van der Waals surface area contributed by atoms with E-state index >= 15 is 4.39 Å². The minimum absolute atomic E-state index is 0.0809. The van der Waals surface area contributed by atoms with Gasteiger partial charge < -0.3 is 10.5 Å². The van der Waals surface area contributed by atoms with Crippen molar-refractivity contribution < 1.29 is 23.1 Å². The summed E-state index contributed by atoms with van der Waals surface area (Å²) in [7, 11) is 1.74. The third kappa shape index (κ3) is 3.62. The van der Waals surface area contributed by atoms with Crippen LogP contribution in [-0.2, 0) is 16.6 Å². The number of nitrogens with zero attached hydrogens (tertiary/aromatic N) is 4. The van der Waals surface area contributed by atoms with Crippen LogP contribution in [0.25, 0.3) is 11.0 Å². The van der Waals surface area contributed by atoms with Crippen molar-refractivity contribution in [2.45, 2.75) is 12.8 Å². The van der Waals surface area contributed by atoms with E-state index in [1.165, 1.54) is 47.5 Å². The molecule has 5 rings (SSSR count). The smallest absolute Gasteiger partial charge is 0.247 e. The zero-order chi connectivity index (χ0) is 24.0. The summed E-state index contributed by atoms with van der Waals surface area (Å²) in [6.07, 6.45) is 3.81. The molecule has 34 heavy (non-hydrogen) atoms. The van der Waals surface area contributed by atoms with Crippen LogP contribution in [0.1, 0.15) is 12.8 Å². The molecule has 0 saturated heterocycles. The van der Waals surface area contributed by atoms with Gasteiger partial charge in [-0.3, -0.25) is 19.2 Å². The molecule has 1 fully saturated rings. The Balaban J connectivity index is 1.52. The number of ether oxygens (including phenoxy) is 1. The van der Waals surface area contributed by atoms with Crippen LogP contribution < -0.4 is 15.4 Å². The number of anilines is 2. The van der Waals surface area contributed by atoms with Crippen LogP contribution in [0.3, 0.4) is 0 Å². The minimum Gasteiger partial charge on any atom is -0.453 e. The molecular formula is C24H19F2N5O3. The Bertz CT molecular complexity index is 1430. The molecule has 4 aromatic rings. The molecule has 2 N–H and O–H groups in total. The molecule has 10 heteroatoms. The number of carbonyl (C=O) groups is 2. The maximum Gasteiger partial charge on any atom is 0.247 e. The van der Waals surface area contributed by atoms with Crippen molar-refractivity contribution in [3.8, 4) is 11.5 Å². The van der Waals surface area contributed by atoms with Gasteiger partial charge in [-0.15, -0.1) is 0 Å². The summed E-state index contributed by atoms with van der Waals surface area (Å²) in [6, 6.07) is 10.7. The van der Waals surface area contributed by atoms with E-state index in [0.29, 0.717) is 29.6 Å². The van der Waals surface area contributed by atoms with Gasteiger partial charge in [0.15, 0.2) is 17.2 Å². The van der Waals surface area contributed by atoms with Crippen LogP contribution in [0.2, 0.25) is 0 Å². The molecule has 172 valence electrons. The predicted octanol–water partition coefficient (Wildman–Crippen LogP) is 3.97. The number of amides is 2. The van der Waals surface area contributed by atoms with Gasteiger partial charge in [0.2, 0.25) is 11.8 Å². The molecule has 2 aromatic carbocycles. The van der Waals surface area contributed by atoms with Gasteiger partial charge in [-0.25, -0.2) is 13.8 Å². The molecule has 0 bridgehead atoms. The van der Waals surface area contributed by atoms with Gasteiger partial charge >= 0.3 is 0 Å². The number of pyridine rings is 1. The van der Waals surface area contributed by atoms with E-state index in [-0.39, 0.29) is 17.1 Å². The first-order valence-electron chi connectivity index (χ1n) is 10.4. The summed E-state index contributed by atoms with van der Waals surface area (Å²) in [5.41, 5.74) is 5.00. The lowest BCUT2D eigenvalue weighted by molar-refractivity contribution is -0.133. The van der Waals surface area contributed by atoms with E-state index in [9.17, 15) is 14.0 Å². The molecule has 2 amide bonds.